The summed E-state index contributed by atoms with van der Waals surface area (Å²) < 4.78 is 0. The van der Waals surface area contributed by atoms with E-state index in [1.54, 1.807) is 31.3 Å². The molecule has 0 saturated carbocycles. The molecule has 4 heteroatoms. The molecule has 1 aromatic heterocycles. The molecule has 18 heavy (non-hydrogen) atoms. The highest BCUT2D eigenvalue weighted by atomic mass is 16.3. The number of hydrogen-bond donors (Lipinski definition) is 1. The van der Waals surface area contributed by atoms with Crippen molar-refractivity contribution in [2.75, 3.05) is 0 Å². The summed E-state index contributed by atoms with van der Waals surface area (Å²) in [6.45, 7) is 1.71. The first kappa shape index (κ1) is 11.6. The molecule has 1 aromatic carbocycles. The van der Waals surface area contributed by atoms with Crippen LogP contribution in [0.5, 0.6) is 5.75 Å². The molecule has 0 saturated heterocycles. The molecule has 0 aliphatic rings. The molecule has 0 amide bonds. The van der Waals surface area contributed by atoms with E-state index in [0.717, 1.165) is 10.9 Å². The van der Waals surface area contributed by atoms with Gasteiger partial charge in [0.25, 0.3) is 0 Å². The van der Waals surface area contributed by atoms with Crippen LogP contribution in [-0.2, 0) is 0 Å². The first-order valence-corrected chi connectivity index (χ1v) is 5.27. The van der Waals surface area contributed by atoms with Crippen LogP contribution in [0.4, 0.5) is 0 Å². The molecule has 0 aliphatic heterocycles. The van der Waals surface area contributed by atoms with Crippen LogP contribution < -0.4 is 0 Å². The van der Waals surface area contributed by atoms with Crippen LogP contribution in [0.2, 0.25) is 0 Å². The average Bonchev–Trinajstić information content (AvgIpc) is 2.41. The molecular formula is C14H9N3O. The fourth-order valence-corrected chi connectivity index (χ4v) is 1.81. The van der Waals surface area contributed by atoms with Crippen molar-refractivity contribution in [1.82, 2.24) is 4.98 Å². The third kappa shape index (κ3) is 1.77. The smallest absolute Gasteiger partial charge is 0.141 e. The maximum Gasteiger partial charge on any atom is 0.141 e. The SMILES string of the molecule is CC(=C(C#N)C#N)c1ccc(O)c2ncccc12. The van der Waals surface area contributed by atoms with Crippen molar-refractivity contribution >= 4 is 16.5 Å². The van der Waals surface area contributed by atoms with Gasteiger partial charge in [-0.05, 0) is 30.2 Å². The van der Waals surface area contributed by atoms with E-state index in [0.29, 0.717) is 11.1 Å². The van der Waals surface area contributed by atoms with E-state index in [9.17, 15) is 5.11 Å². The Bertz CT molecular complexity index is 717. The molecular weight excluding hydrogens is 226 g/mol. The molecule has 1 heterocycles. The Morgan fingerprint density at radius 3 is 2.61 bits per heavy atom. The number of allylic oxidation sites excluding steroid dienone is 2. The molecule has 0 aliphatic carbocycles. The Balaban J connectivity index is 2.84. The van der Waals surface area contributed by atoms with E-state index < -0.39 is 0 Å². The number of fused-ring (bicyclic) bond motifs is 1. The molecule has 1 N–H and O–H groups in total. The molecule has 2 rings (SSSR count). The average molecular weight is 235 g/mol. The highest BCUT2D eigenvalue weighted by Gasteiger charge is 2.10. The Morgan fingerprint density at radius 2 is 1.94 bits per heavy atom. The Hall–Kier alpha value is -2.85. The topological polar surface area (TPSA) is 80.7 Å². The normalized spacial score (nSPS) is 9.50. The number of hydrogen-bond acceptors (Lipinski definition) is 4. The van der Waals surface area contributed by atoms with Gasteiger partial charge in [0.1, 0.15) is 29.0 Å². The van der Waals surface area contributed by atoms with Gasteiger partial charge in [-0.1, -0.05) is 12.1 Å². The number of benzene rings is 1. The second-order valence-electron chi connectivity index (χ2n) is 3.76. The summed E-state index contributed by atoms with van der Waals surface area (Å²) in [5, 5.41) is 28.2. The van der Waals surface area contributed by atoms with Crippen LogP contribution in [-0.4, -0.2) is 10.1 Å². The molecule has 0 spiro atoms. The maximum absolute atomic E-state index is 9.72. The third-order valence-electron chi connectivity index (χ3n) is 2.75. The highest BCUT2D eigenvalue weighted by molar-refractivity contribution is 5.96. The van der Waals surface area contributed by atoms with Gasteiger partial charge in [0, 0.05) is 11.6 Å². The van der Waals surface area contributed by atoms with Gasteiger partial charge in [-0.2, -0.15) is 10.5 Å². The van der Waals surface area contributed by atoms with E-state index in [-0.39, 0.29) is 11.3 Å². The van der Waals surface area contributed by atoms with Gasteiger partial charge in [0.05, 0.1) is 0 Å². The maximum atomic E-state index is 9.72. The standard InChI is InChI=1S/C14H9N3O/c1-9(10(7-15)8-16)11-4-5-13(18)14-12(11)3-2-6-17-14/h2-6,18H,1H3. The quantitative estimate of drug-likeness (QED) is 0.770. The highest BCUT2D eigenvalue weighted by Crippen LogP contribution is 2.30. The number of phenolic OH excluding ortho intramolecular Hbond substituents is 1. The van der Waals surface area contributed by atoms with E-state index in [4.69, 9.17) is 10.5 Å². The minimum absolute atomic E-state index is 0.0610. The Labute approximate surface area is 104 Å². The molecule has 4 nitrogen and oxygen atoms in total. The van der Waals surface area contributed by atoms with Gasteiger partial charge < -0.3 is 5.11 Å². The van der Waals surface area contributed by atoms with Crippen molar-refractivity contribution in [2.24, 2.45) is 0 Å². The van der Waals surface area contributed by atoms with E-state index >= 15 is 0 Å². The lowest BCUT2D eigenvalue weighted by atomic mass is 9.98. The van der Waals surface area contributed by atoms with E-state index in [1.165, 1.54) is 6.07 Å². The summed E-state index contributed by atoms with van der Waals surface area (Å²) in [4.78, 5) is 4.10. The van der Waals surface area contributed by atoms with Crippen LogP contribution in [0.25, 0.3) is 16.5 Å². The largest absolute Gasteiger partial charge is 0.506 e. The molecule has 0 atom stereocenters. The lowest BCUT2D eigenvalue weighted by Crippen LogP contribution is -1.89. The van der Waals surface area contributed by atoms with Crippen LogP contribution in [0.1, 0.15) is 12.5 Å². The van der Waals surface area contributed by atoms with Gasteiger partial charge >= 0.3 is 0 Å². The zero-order valence-electron chi connectivity index (χ0n) is 9.68. The number of pyridine rings is 1. The fraction of sp³-hybridized carbons (Fsp3) is 0.0714. The number of aromatic hydroxyl groups is 1. The van der Waals surface area contributed by atoms with Crippen molar-refractivity contribution in [3.63, 3.8) is 0 Å². The second-order valence-corrected chi connectivity index (χ2v) is 3.76. The van der Waals surface area contributed by atoms with Crippen molar-refractivity contribution < 1.29 is 5.11 Å². The number of nitriles is 2. The zero-order chi connectivity index (χ0) is 13.1. The van der Waals surface area contributed by atoms with Crippen LogP contribution in [0.3, 0.4) is 0 Å². The minimum Gasteiger partial charge on any atom is -0.506 e. The van der Waals surface area contributed by atoms with Crippen molar-refractivity contribution in [3.05, 3.63) is 41.6 Å². The van der Waals surface area contributed by atoms with Gasteiger partial charge in [0.2, 0.25) is 0 Å². The molecule has 2 aromatic rings. The second kappa shape index (κ2) is 4.57. The van der Waals surface area contributed by atoms with Crippen LogP contribution in [0, 0.1) is 22.7 Å². The predicted octanol–water partition coefficient (Wildman–Crippen LogP) is 2.76. The van der Waals surface area contributed by atoms with E-state index in [1.807, 2.05) is 12.1 Å². The van der Waals surface area contributed by atoms with Gasteiger partial charge in [0.15, 0.2) is 0 Å². The summed E-state index contributed by atoms with van der Waals surface area (Å²) in [6.07, 6.45) is 1.58. The summed E-state index contributed by atoms with van der Waals surface area (Å²) in [5.41, 5.74) is 1.84. The lowest BCUT2D eigenvalue weighted by Gasteiger charge is -2.07. The fourth-order valence-electron chi connectivity index (χ4n) is 1.81. The third-order valence-corrected chi connectivity index (χ3v) is 2.75. The number of phenols is 1. The van der Waals surface area contributed by atoms with Crippen LogP contribution >= 0.6 is 0 Å². The summed E-state index contributed by atoms with van der Waals surface area (Å²) >= 11 is 0. The first-order chi connectivity index (χ1) is 8.69. The minimum atomic E-state index is 0.0610. The number of rotatable bonds is 1. The summed E-state index contributed by atoms with van der Waals surface area (Å²) in [5.74, 6) is 0.0811. The molecule has 86 valence electrons. The Morgan fingerprint density at radius 1 is 1.22 bits per heavy atom. The van der Waals surface area contributed by atoms with Gasteiger partial charge in [-0.3, -0.25) is 4.98 Å². The molecule has 0 radical (unpaired) electrons. The van der Waals surface area contributed by atoms with Crippen molar-refractivity contribution in [3.8, 4) is 17.9 Å². The monoisotopic (exact) mass is 235 g/mol. The molecule has 0 unspecified atom stereocenters. The summed E-state index contributed by atoms with van der Waals surface area (Å²) in [7, 11) is 0. The van der Waals surface area contributed by atoms with Crippen LogP contribution in [0.15, 0.2) is 36.0 Å². The predicted molar refractivity (Wildman–Crippen MR) is 67.2 cm³/mol. The zero-order valence-corrected chi connectivity index (χ0v) is 9.68. The number of aromatic nitrogens is 1. The molecule has 0 bridgehead atoms. The van der Waals surface area contributed by atoms with Gasteiger partial charge in [-0.25, -0.2) is 0 Å². The van der Waals surface area contributed by atoms with Crippen molar-refractivity contribution in [2.45, 2.75) is 6.92 Å². The lowest BCUT2D eigenvalue weighted by molar-refractivity contribution is 0.480. The summed E-state index contributed by atoms with van der Waals surface area (Å²) in [6, 6.07) is 10.5. The number of nitrogens with zero attached hydrogens (tertiary/aromatic N) is 3. The Kier molecular flexibility index (Phi) is 2.95. The first-order valence-electron chi connectivity index (χ1n) is 5.27. The van der Waals surface area contributed by atoms with Gasteiger partial charge in [-0.15, -0.1) is 0 Å². The van der Waals surface area contributed by atoms with E-state index in [2.05, 4.69) is 4.98 Å². The van der Waals surface area contributed by atoms with Crippen molar-refractivity contribution in [1.29, 1.82) is 10.5 Å². The molecule has 0 fully saturated rings.